The van der Waals surface area contributed by atoms with Crippen molar-refractivity contribution in [2.75, 3.05) is 13.9 Å². The van der Waals surface area contributed by atoms with Gasteiger partial charge >= 0.3 is 7.12 Å². The normalized spacial score (nSPS) is 20.0. The van der Waals surface area contributed by atoms with E-state index in [2.05, 4.69) is 52.8 Å². The Morgan fingerprint density at radius 3 is 2.29 bits per heavy atom. The molecule has 1 aliphatic rings. The maximum absolute atomic E-state index is 6.08. The summed E-state index contributed by atoms with van der Waals surface area (Å²) in [6.07, 6.45) is 0. The van der Waals surface area contributed by atoms with Gasteiger partial charge in [-0.1, -0.05) is 18.2 Å². The monoisotopic (exact) mass is 292 g/mol. The van der Waals surface area contributed by atoms with Gasteiger partial charge in [0.15, 0.2) is 0 Å². The number of hydrogen-bond donors (Lipinski definition) is 0. The molecule has 0 aromatic heterocycles. The van der Waals surface area contributed by atoms with Crippen LogP contribution in [0.5, 0.6) is 0 Å². The molecule has 0 aliphatic carbocycles. The van der Waals surface area contributed by atoms with Crippen molar-refractivity contribution in [2.24, 2.45) is 0 Å². The highest BCUT2D eigenvalue weighted by atomic mass is 16.7. The van der Waals surface area contributed by atoms with Crippen molar-refractivity contribution >= 4 is 12.6 Å². The summed E-state index contributed by atoms with van der Waals surface area (Å²) in [5.74, 6) is 0. The topological polar surface area (TPSA) is 36.9 Å². The largest absolute Gasteiger partial charge is 0.494 e. The Hall–Kier alpha value is -0.875. The second-order valence-corrected chi connectivity index (χ2v) is 6.53. The van der Waals surface area contributed by atoms with Crippen LogP contribution in [-0.4, -0.2) is 32.2 Å². The molecule has 0 amide bonds. The second-order valence-electron chi connectivity index (χ2n) is 6.53. The van der Waals surface area contributed by atoms with Gasteiger partial charge in [-0.3, -0.25) is 0 Å². The molecule has 1 heterocycles. The van der Waals surface area contributed by atoms with Crippen molar-refractivity contribution in [3.63, 3.8) is 0 Å². The average Bonchev–Trinajstić information content (AvgIpc) is 2.61. The van der Waals surface area contributed by atoms with Crippen LogP contribution in [0.3, 0.4) is 0 Å². The molecule has 4 nitrogen and oxygen atoms in total. The molecule has 0 unspecified atom stereocenters. The zero-order chi connectivity index (χ0) is 15.7. The first-order chi connectivity index (χ1) is 9.77. The van der Waals surface area contributed by atoms with Crippen LogP contribution in [-0.2, 0) is 25.4 Å². The summed E-state index contributed by atoms with van der Waals surface area (Å²) in [7, 11) is 1.28. The van der Waals surface area contributed by atoms with Gasteiger partial charge in [0.1, 0.15) is 6.79 Å². The molecule has 0 saturated carbocycles. The highest BCUT2D eigenvalue weighted by molar-refractivity contribution is 6.62. The molecule has 0 radical (unpaired) electrons. The highest BCUT2D eigenvalue weighted by Crippen LogP contribution is 2.36. The van der Waals surface area contributed by atoms with Crippen LogP contribution in [0.1, 0.15) is 38.8 Å². The molecule has 1 aromatic carbocycles. The van der Waals surface area contributed by atoms with Gasteiger partial charge in [-0.15, -0.1) is 0 Å². The Labute approximate surface area is 127 Å². The van der Waals surface area contributed by atoms with E-state index in [1.54, 1.807) is 7.11 Å². The lowest BCUT2D eigenvalue weighted by molar-refractivity contribution is -0.0391. The van der Waals surface area contributed by atoms with Gasteiger partial charge < -0.3 is 18.8 Å². The van der Waals surface area contributed by atoms with E-state index < -0.39 is 0 Å². The van der Waals surface area contributed by atoms with Crippen LogP contribution < -0.4 is 5.46 Å². The molecule has 0 spiro atoms. The number of methoxy groups -OCH3 is 1. The van der Waals surface area contributed by atoms with Gasteiger partial charge in [0.2, 0.25) is 0 Å². The third kappa shape index (κ3) is 3.48. The third-order valence-electron chi connectivity index (χ3n) is 4.36. The maximum atomic E-state index is 6.08. The van der Waals surface area contributed by atoms with Gasteiger partial charge in [0, 0.05) is 7.11 Å². The first-order valence-corrected chi connectivity index (χ1v) is 7.28. The minimum atomic E-state index is -0.336. The molecule has 1 aromatic rings. The lowest BCUT2D eigenvalue weighted by atomic mass is 9.78. The zero-order valence-corrected chi connectivity index (χ0v) is 13.9. The van der Waals surface area contributed by atoms with E-state index in [1.165, 1.54) is 5.56 Å². The zero-order valence-electron chi connectivity index (χ0n) is 13.9. The molecule has 116 valence electrons. The molecule has 2 rings (SSSR count). The summed E-state index contributed by atoms with van der Waals surface area (Å²) >= 11 is 0. The van der Waals surface area contributed by atoms with Gasteiger partial charge in [-0.2, -0.15) is 0 Å². The summed E-state index contributed by atoms with van der Waals surface area (Å²) in [6.45, 7) is 11.1. The van der Waals surface area contributed by atoms with Gasteiger partial charge in [0.25, 0.3) is 0 Å². The highest BCUT2D eigenvalue weighted by Gasteiger charge is 2.51. The molecule has 0 bridgehead atoms. The van der Waals surface area contributed by atoms with Crippen molar-refractivity contribution in [1.82, 2.24) is 0 Å². The Bertz CT molecular complexity index is 483. The second kappa shape index (κ2) is 6.09. The van der Waals surface area contributed by atoms with E-state index in [0.29, 0.717) is 13.4 Å². The van der Waals surface area contributed by atoms with Crippen LogP contribution in [0.4, 0.5) is 0 Å². The smallest absolute Gasteiger partial charge is 0.399 e. The van der Waals surface area contributed by atoms with Gasteiger partial charge in [-0.25, -0.2) is 0 Å². The van der Waals surface area contributed by atoms with Crippen LogP contribution in [0, 0.1) is 6.92 Å². The molecule has 21 heavy (non-hydrogen) atoms. The number of hydrogen-bond acceptors (Lipinski definition) is 4. The lowest BCUT2D eigenvalue weighted by Crippen LogP contribution is -2.41. The number of rotatable bonds is 5. The Balaban J connectivity index is 2.16. The van der Waals surface area contributed by atoms with Crippen molar-refractivity contribution < 1.29 is 18.8 Å². The first-order valence-electron chi connectivity index (χ1n) is 7.28. The van der Waals surface area contributed by atoms with E-state index in [1.807, 2.05) is 0 Å². The molecule has 1 fully saturated rings. The molecule has 0 atom stereocenters. The lowest BCUT2D eigenvalue weighted by Gasteiger charge is -2.32. The summed E-state index contributed by atoms with van der Waals surface area (Å²) in [4.78, 5) is 0. The van der Waals surface area contributed by atoms with E-state index >= 15 is 0 Å². The van der Waals surface area contributed by atoms with Crippen molar-refractivity contribution in [1.29, 1.82) is 0 Å². The van der Waals surface area contributed by atoms with Crippen LogP contribution in [0.25, 0.3) is 0 Å². The van der Waals surface area contributed by atoms with Crippen LogP contribution >= 0.6 is 0 Å². The number of ether oxygens (including phenoxy) is 2. The Morgan fingerprint density at radius 2 is 1.71 bits per heavy atom. The molecule has 1 aliphatic heterocycles. The summed E-state index contributed by atoms with van der Waals surface area (Å²) in [5, 5.41) is 0. The fraction of sp³-hybridized carbons (Fsp3) is 0.625. The summed E-state index contributed by atoms with van der Waals surface area (Å²) in [5.41, 5.74) is 2.69. The SMILES string of the molecule is COCOCc1cc(B2OC(C)(C)C(C)(C)O2)ccc1C. The Kier molecular flexibility index (Phi) is 4.78. The fourth-order valence-corrected chi connectivity index (χ4v) is 2.21. The van der Waals surface area contributed by atoms with E-state index in [0.717, 1.165) is 11.0 Å². The Morgan fingerprint density at radius 1 is 1.10 bits per heavy atom. The predicted molar refractivity (Wildman–Crippen MR) is 83.6 cm³/mol. The van der Waals surface area contributed by atoms with Crippen LogP contribution in [0.2, 0.25) is 0 Å². The maximum Gasteiger partial charge on any atom is 0.494 e. The molecular formula is C16H25BO4. The molecule has 0 N–H and O–H groups in total. The minimum Gasteiger partial charge on any atom is -0.399 e. The molecule has 5 heteroatoms. The quantitative estimate of drug-likeness (QED) is 0.474. The molecule has 1 saturated heterocycles. The predicted octanol–water partition coefficient (Wildman–Crippen LogP) is 2.41. The van der Waals surface area contributed by atoms with E-state index in [-0.39, 0.29) is 18.3 Å². The molecular weight excluding hydrogens is 267 g/mol. The van der Waals surface area contributed by atoms with Crippen LogP contribution in [0.15, 0.2) is 18.2 Å². The van der Waals surface area contributed by atoms with E-state index in [4.69, 9.17) is 18.8 Å². The van der Waals surface area contributed by atoms with Crippen molar-refractivity contribution in [3.8, 4) is 0 Å². The summed E-state index contributed by atoms with van der Waals surface area (Å²) < 4.78 is 22.5. The van der Waals surface area contributed by atoms with Gasteiger partial charge in [0.05, 0.1) is 17.8 Å². The van der Waals surface area contributed by atoms with Gasteiger partial charge in [-0.05, 0) is 51.2 Å². The van der Waals surface area contributed by atoms with E-state index in [9.17, 15) is 0 Å². The standard InChI is InChI=1S/C16H25BO4/c1-12-7-8-14(9-13(12)10-19-11-18-6)17-20-15(2,3)16(4,5)21-17/h7-9H,10-11H2,1-6H3. The first kappa shape index (κ1) is 16.5. The van der Waals surface area contributed by atoms with Crippen molar-refractivity contribution in [3.05, 3.63) is 29.3 Å². The number of aryl methyl sites for hydroxylation is 1. The third-order valence-corrected chi connectivity index (χ3v) is 4.36. The minimum absolute atomic E-state index is 0.292. The summed E-state index contributed by atoms with van der Waals surface area (Å²) in [6, 6.07) is 6.22. The average molecular weight is 292 g/mol. The fourth-order valence-electron chi connectivity index (χ4n) is 2.21. The number of benzene rings is 1. The van der Waals surface area contributed by atoms with Crippen molar-refractivity contribution in [2.45, 2.75) is 52.4 Å².